The summed E-state index contributed by atoms with van der Waals surface area (Å²) in [5, 5.41) is 4.06. The summed E-state index contributed by atoms with van der Waals surface area (Å²) in [6, 6.07) is 17.4. The molecule has 1 N–H and O–H groups in total. The van der Waals surface area contributed by atoms with Crippen LogP contribution in [0.2, 0.25) is 5.02 Å². The van der Waals surface area contributed by atoms with E-state index in [1.165, 1.54) is 0 Å². The highest BCUT2D eigenvalue weighted by Crippen LogP contribution is 2.42. The van der Waals surface area contributed by atoms with E-state index in [2.05, 4.69) is 10.3 Å². The standard InChI is InChI=1S/C19H16ClN3O/c20-15-8-4-7-14(11-15)18-16(12-24)17(13-5-2-1-3-6-13)22-19-21-9-10-23(18)19/h1-12,16-18H,(H,21,22)/t16-,17-,18+/m0/s1. The molecule has 5 heteroatoms. The van der Waals surface area contributed by atoms with Crippen LogP contribution in [0.4, 0.5) is 5.95 Å². The molecule has 3 atom stereocenters. The third-order valence-corrected chi connectivity index (χ3v) is 4.74. The predicted molar refractivity (Wildman–Crippen MR) is 94.2 cm³/mol. The molecule has 24 heavy (non-hydrogen) atoms. The number of fused-ring (bicyclic) bond motifs is 1. The fourth-order valence-corrected chi connectivity index (χ4v) is 3.64. The van der Waals surface area contributed by atoms with Gasteiger partial charge in [0.15, 0.2) is 0 Å². The largest absolute Gasteiger partial charge is 0.348 e. The molecule has 0 aliphatic carbocycles. The molecule has 0 saturated carbocycles. The van der Waals surface area contributed by atoms with Crippen LogP contribution in [-0.4, -0.2) is 15.8 Å². The zero-order valence-corrected chi connectivity index (χ0v) is 13.6. The second-order valence-electron chi connectivity index (χ2n) is 5.90. The molecule has 0 unspecified atom stereocenters. The summed E-state index contributed by atoms with van der Waals surface area (Å²) in [5.74, 6) is 0.486. The van der Waals surface area contributed by atoms with Gasteiger partial charge in [-0.3, -0.25) is 0 Å². The Bertz CT molecular complexity index is 862. The molecule has 0 saturated heterocycles. The van der Waals surface area contributed by atoms with Crippen LogP contribution in [0.1, 0.15) is 23.2 Å². The summed E-state index contributed by atoms with van der Waals surface area (Å²) < 4.78 is 2.00. The molecule has 2 aromatic carbocycles. The maximum atomic E-state index is 12.0. The number of anilines is 1. The number of rotatable bonds is 3. The van der Waals surface area contributed by atoms with E-state index < -0.39 is 0 Å². The first-order valence-electron chi connectivity index (χ1n) is 7.83. The Morgan fingerprint density at radius 2 is 1.88 bits per heavy atom. The first-order valence-corrected chi connectivity index (χ1v) is 8.21. The quantitative estimate of drug-likeness (QED) is 0.732. The van der Waals surface area contributed by atoms with Gasteiger partial charge in [0.25, 0.3) is 0 Å². The zero-order chi connectivity index (χ0) is 16.5. The summed E-state index contributed by atoms with van der Waals surface area (Å²) in [5.41, 5.74) is 2.07. The Labute approximate surface area is 145 Å². The van der Waals surface area contributed by atoms with Crippen molar-refractivity contribution in [3.63, 3.8) is 0 Å². The highest BCUT2D eigenvalue weighted by Gasteiger charge is 2.38. The molecule has 1 aliphatic rings. The summed E-state index contributed by atoms with van der Waals surface area (Å²) in [6.07, 6.45) is 4.67. The number of nitrogens with zero attached hydrogens (tertiary/aromatic N) is 2. The minimum atomic E-state index is -0.271. The van der Waals surface area contributed by atoms with Gasteiger partial charge in [0.1, 0.15) is 6.29 Å². The van der Waals surface area contributed by atoms with Crippen LogP contribution >= 0.6 is 11.6 Å². The van der Waals surface area contributed by atoms with Crippen molar-refractivity contribution < 1.29 is 4.79 Å². The van der Waals surface area contributed by atoms with E-state index in [0.717, 1.165) is 23.4 Å². The first-order chi connectivity index (χ1) is 11.8. The van der Waals surface area contributed by atoms with Crippen LogP contribution in [0.5, 0.6) is 0 Å². The van der Waals surface area contributed by atoms with Gasteiger partial charge in [-0.05, 0) is 23.3 Å². The van der Waals surface area contributed by atoms with Crippen molar-refractivity contribution >= 4 is 23.8 Å². The van der Waals surface area contributed by atoms with Crippen molar-refractivity contribution in [1.82, 2.24) is 9.55 Å². The van der Waals surface area contributed by atoms with Crippen molar-refractivity contribution in [2.24, 2.45) is 5.92 Å². The van der Waals surface area contributed by atoms with Gasteiger partial charge in [-0.2, -0.15) is 0 Å². The molecule has 4 rings (SSSR count). The number of carbonyl (C=O) groups is 1. The Morgan fingerprint density at radius 3 is 2.62 bits per heavy atom. The highest BCUT2D eigenvalue weighted by atomic mass is 35.5. The van der Waals surface area contributed by atoms with Crippen LogP contribution in [0.3, 0.4) is 0 Å². The molecule has 1 aliphatic heterocycles. The van der Waals surface area contributed by atoms with Crippen LogP contribution in [-0.2, 0) is 4.79 Å². The second-order valence-corrected chi connectivity index (χ2v) is 6.34. The number of hydrogen-bond donors (Lipinski definition) is 1. The fourth-order valence-electron chi connectivity index (χ4n) is 3.44. The average Bonchev–Trinajstić information content (AvgIpc) is 3.09. The number of aldehydes is 1. The van der Waals surface area contributed by atoms with Gasteiger partial charge in [0.2, 0.25) is 5.95 Å². The molecule has 4 nitrogen and oxygen atoms in total. The van der Waals surface area contributed by atoms with Gasteiger partial charge in [0.05, 0.1) is 18.0 Å². The van der Waals surface area contributed by atoms with E-state index in [1.807, 2.05) is 65.4 Å². The second kappa shape index (κ2) is 6.13. The molecule has 1 aromatic heterocycles. The van der Waals surface area contributed by atoms with Gasteiger partial charge < -0.3 is 14.7 Å². The number of halogens is 1. The SMILES string of the molecule is O=C[C@@H]1[C@@H](c2cccc(Cl)c2)n2ccnc2N[C@H]1c1ccccc1. The number of nitrogens with one attached hydrogen (secondary N) is 1. The van der Waals surface area contributed by atoms with Crippen LogP contribution in [0, 0.1) is 5.92 Å². The summed E-state index contributed by atoms with van der Waals surface area (Å²) in [7, 11) is 0. The maximum Gasteiger partial charge on any atom is 0.203 e. The van der Waals surface area contributed by atoms with E-state index in [-0.39, 0.29) is 18.0 Å². The molecule has 0 fully saturated rings. The molecule has 0 radical (unpaired) electrons. The molecule has 0 amide bonds. The number of benzene rings is 2. The van der Waals surface area contributed by atoms with Gasteiger partial charge in [-0.15, -0.1) is 0 Å². The van der Waals surface area contributed by atoms with Crippen LogP contribution in [0.15, 0.2) is 67.0 Å². The monoisotopic (exact) mass is 337 g/mol. The Kier molecular flexibility index (Phi) is 3.82. The molecular formula is C19H16ClN3O. The van der Waals surface area contributed by atoms with Crippen LogP contribution in [0.25, 0.3) is 0 Å². The lowest BCUT2D eigenvalue weighted by Gasteiger charge is -2.38. The zero-order valence-electron chi connectivity index (χ0n) is 12.8. The van der Waals surface area contributed by atoms with E-state index in [0.29, 0.717) is 5.02 Å². The van der Waals surface area contributed by atoms with E-state index >= 15 is 0 Å². The van der Waals surface area contributed by atoms with Crippen molar-refractivity contribution in [3.05, 3.63) is 83.1 Å². The lowest BCUT2D eigenvalue weighted by Crippen LogP contribution is -2.37. The van der Waals surface area contributed by atoms with Crippen LogP contribution < -0.4 is 5.32 Å². The first kappa shape index (κ1) is 15.0. The van der Waals surface area contributed by atoms with E-state index in [1.54, 1.807) is 6.20 Å². The lowest BCUT2D eigenvalue weighted by molar-refractivity contribution is -0.112. The summed E-state index contributed by atoms with van der Waals surface area (Å²) >= 11 is 6.18. The maximum absolute atomic E-state index is 12.0. The highest BCUT2D eigenvalue weighted by molar-refractivity contribution is 6.30. The van der Waals surface area contributed by atoms with Gasteiger partial charge >= 0.3 is 0 Å². The van der Waals surface area contributed by atoms with Crippen molar-refractivity contribution in [2.75, 3.05) is 5.32 Å². The Hall–Kier alpha value is -2.59. The van der Waals surface area contributed by atoms with E-state index in [9.17, 15) is 4.79 Å². The van der Waals surface area contributed by atoms with Gasteiger partial charge in [0, 0.05) is 17.4 Å². The van der Waals surface area contributed by atoms with E-state index in [4.69, 9.17) is 11.6 Å². The summed E-state index contributed by atoms with van der Waals surface area (Å²) in [4.78, 5) is 16.4. The lowest BCUT2D eigenvalue weighted by atomic mass is 9.83. The average molecular weight is 338 g/mol. The third-order valence-electron chi connectivity index (χ3n) is 4.51. The van der Waals surface area contributed by atoms with Crippen molar-refractivity contribution in [1.29, 1.82) is 0 Å². The molecule has 3 aromatic rings. The predicted octanol–water partition coefficient (Wildman–Crippen LogP) is 4.11. The molecular weight excluding hydrogens is 322 g/mol. The van der Waals surface area contributed by atoms with Gasteiger partial charge in [-0.25, -0.2) is 4.98 Å². The number of aromatic nitrogens is 2. The minimum Gasteiger partial charge on any atom is -0.348 e. The number of imidazole rings is 1. The molecule has 2 heterocycles. The molecule has 0 spiro atoms. The number of carbonyl (C=O) groups excluding carboxylic acids is 1. The topological polar surface area (TPSA) is 46.9 Å². The Morgan fingerprint density at radius 1 is 1.08 bits per heavy atom. The summed E-state index contributed by atoms with van der Waals surface area (Å²) in [6.45, 7) is 0. The molecule has 0 bridgehead atoms. The third kappa shape index (κ3) is 2.49. The molecule has 120 valence electrons. The van der Waals surface area contributed by atoms with Crippen molar-refractivity contribution in [2.45, 2.75) is 12.1 Å². The van der Waals surface area contributed by atoms with Gasteiger partial charge in [-0.1, -0.05) is 54.1 Å². The normalized spacial score (nSPS) is 22.5. The fraction of sp³-hybridized carbons (Fsp3) is 0.158. The number of hydrogen-bond acceptors (Lipinski definition) is 3. The Balaban J connectivity index is 1.86. The van der Waals surface area contributed by atoms with Crippen molar-refractivity contribution in [3.8, 4) is 0 Å². The smallest absolute Gasteiger partial charge is 0.203 e. The minimum absolute atomic E-state index is 0.136.